The molecule has 0 spiro atoms. The van der Waals surface area contributed by atoms with E-state index in [-0.39, 0.29) is 95.6 Å². The third-order valence-corrected chi connectivity index (χ3v) is 15.0. The largest absolute Gasteiger partial charge is 0.508 e. The van der Waals surface area contributed by atoms with Gasteiger partial charge in [-0.15, -0.1) is 0 Å². The number of nitrogens with one attached hydrogen (secondary N) is 2. The maximum atomic E-state index is 11.7. The molecule has 20 nitrogen and oxygen atoms in total. The van der Waals surface area contributed by atoms with Crippen molar-refractivity contribution in [3.05, 3.63) is 212 Å². The van der Waals surface area contributed by atoms with Gasteiger partial charge in [-0.3, -0.25) is 33.5 Å². The monoisotopic (exact) mass is 1310 g/mol. The Morgan fingerprint density at radius 3 is 1.34 bits per heavy atom. The van der Waals surface area contributed by atoms with Gasteiger partial charge in [0.25, 0.3) is 28.1 Å². The molecule has 7 rings (SSSR count). The molecule has 0 fully saturated rings. The molecule has 94 heavy (non-hydrogen) atoms. The van der Waals surface area contributed by atoms with Crippen LogP contribution in [0.4, 0.5) is 0 Å². The van der Waals surface area contributed by atoms with Crippen LogP contribution in [0.1, 0.15) is 207 Å². The van der Waals surface area contributed by atoms with E-state index in [4.69, 9.17) is 0 Å². The fourth-order valence-electron chi connectivity index (χ4n) is 10.6. The molecule has 3 aliphatic heterocycles. The summed E-state index contributed by atoms with van der Waals surface area (Å²) in [5, 5.41) is 49.4. The van der Waals surface area contributed by atoms with E-state index in [2.05, 4.69) is 102 Å². The molecule has 0 atom stereocenters. The molecule has 0 saturated carbocycles. The lowest BCUT2D eigenvalue weighted by Gasteiger charge is -2.42. The number of aliphatic hydroxyl groups is 2. The Balaban J connectivity index is 0.000000548. The van der Waals surface area contributed by atoms with Gasteiger partial charge in [0.15, 0.2) is 0 Å². The number of amides is 1. The molecular weight excluding hydrogens is 1190 g/mol. The summed E-state index contributed by atoms with van der Waals surface area (Å²) in [5.74, 6) is 1.37. The van der Waals surface area contributed by atoms with Gasteiger partial charge in [-0.1, -0.05) is 19.7 Å². The fourth-order valence-corrected chi connectivity index (χ4v) is 10.6. The molecule has 0 radical (unpaired) electrons. The summed E-state index contributed by atoms with van der Waals surface area (Å²) in [4.78, 5) is 77.4. The zero-order valence-corrected chi connectivity index (χ0v) is 62.6. The number of hydrogen-bond acceptors (Lipinski definition) is 14. The Morgan fingerprint density at radius 2 is 0.915 bits per heavy atom. The molecule has 4 aromatic heterocycles. The number of pyridine rings is 3. The Bertz CT molecular complexity index is 3950. The van der Waals surface area contributed by atoms with Crippen molar-refractivity contribution in [2.75, 3.05) is 0 Å². The van der Waals surface area contributed by atoms with Gasteiger partial charge in [0.05, 0.1) is 0 Å². The standard InChI is InChI=1S/C11H18N2O.C11H17NO2.2C11H17NO.C10H16N2O2.2C10H15NO2/c1-7-8(2)13(11(4,5)6)9(3)12-10(7)14;1-7-8(2)12(11(3,4)5)10(14)6-9(7)13;1-8-7-12(11(3,4)5)9(2)6-10(8)13;1-8-6-10(13)7-9(2)12(8)11(3,4)5;1-6-7(2)12(10(3,4)5)9(14)11-8(6)13;1-7-6-11(10(2,3)4)9(13)5-8(7)12;1-7-5-8(12)6-9(13)11(7)10(2,3)4/h3H2,1-2,4-6H3,(H,12,14);6,13H,1-5H3;6-7,13H,2H2,1,3-5H3;6-7,13H,1H2,2-5H3;1-5H3,(H,11,13,14);2*5-6,12H,1-4H3. The van der Waals surface area contributed by atoms with Crippen LogP contribution < -0.4 is 33.2 Å². The highest BCUT2D eigenvalue weighted by molar-refractivity contribution is 5.95. The van der Waals surface area contributed by atoms with Gasteiger partial charge < -0.3 is 59.3 Å². The molecule has 0 unspecified atom stereocenters. The van der Waals surface area contributed by atoms with Gasteiger partial charge in [-0.05, 0) is 227 Å². The lowest BCUT2D eigenvalue weighted by molar-refractivity contribution is -0.118. The van der Waals surface area contributed by atoms with Crippen LogP contribution in [0, 0.1) is 41.5 Å². The maximum Gasteiger partial charge on any atom is 0.329 e. The van der Waals surface area contributed by atoms with Crippen molar-refractivity contribution in [2.24, 2.45) is 0 Å². The summed E-state index contributed by atoms with van der Waals surface area (Å²) in [6, 6.07) is 5.35. The molecule has 0 saturated heterocycles. The molecule has 0 aromatic carbocycles. The number of nitrogens with zero attached hydrogens (tertiary/aromatic N) is 7. The number of aromatic nitrogens is 5. The van der Waals surface area contributed by atoms with Crippen LogP contribution in [0.2, 0.25) is 0 Å². The van der Waals surface area contributed by atoms with Gasteiger partial charge in [-0.2, -0.15) is 0 Å². The number of carbonyl (C=O) groups is 1. The number of hydrogen-bond donors (Lipinski definition) is 7. The highest BCUT2D eigenvalue weighted by Crippen LogP contribution is 2.31. The van der Waals surface area contributed by atoms with E-state index in [1.807, 2.05) is 143 Å². The Hall–Kier alpha value is -8.68. The van der Waals surface area contributed by atoms with Crippen LogP contribution in [0.5, 0.6) is 17.2 Å². The van der Waals surface area contributed by atoms with Crippen molar-refractivity contribution in [3.63, 3.8) is 0 Å². The number of aromatic amines is 1. The Kier molecular flexibility index (Phi) is 27.5. The molecule has 0 bridgehead atoms. The Labute approximate surface area is 559 Å². The first-order valence-electron chi connectivity index (χ1n) is 31.3. The molecule has 0 aliphatic carbocycles. The third kappa shape index (κ3) is 22.8. The summed E-state index contributed by atoms with van der Waals surface area (Å²) < 4.78 is 6.57. The minimum Gasteiger partial charge on any atom is -0.508 e. The average molecular weight is 1310 g/mol. The SMILES string of the molecule is C=C1C=C(O)C(C)=CN1C(C)(C)C.C=C1C=C(O)C=C(C)N1C(C)(C)C.C=C1NC(=O)C(C)=C(C)N1C(C)(C)C.Cc1c(C)n(C(C)(C)C)c(=O)[nH]c1=O.Cc1c(O)cc(=O)n(C(C)(C)C)c1C.Cc1cc(O)cc(=O)n1C(C)(C)C.Cc1cn(C(C)(C)C)c(=O)cc1O. The summed E-state index contributed by atoms with van der Waals surface area (Å²) >= 11 is 0. The second kappa shape index (κ2) is 31.0. The minimum absolute atomic E-state index is 0.00880. The van der Waals surface area contributed by atoms with Crippen molar-refractivity contribution in [1.82, 2.24) is 43.3 Å². The molecule has 3 aliphatic rings. The van der Waals surface area contributed by atoms with Gasteiger partial charge >= 0.3 is 5.69 Å². The molecule has 4 aromatic rings. The predicted molar refractivity (Wildman–Crippen MR) is 384 cm³/mol. The van der Waals surface area contributed by atoms with Crippen LogP contribution in [0.3, 0.4) is 0 Å². The summed E-state index contributed by atoms with van der Waals surface area (Å²) in [6.07, 6.45) is 8.73. The van der Waals surface area contributed by atoms with E-state index < -0.39 is 0 Å². The lowest BCUT2D eigenvalue weighted by Crippen LogP contribution is -2.48. The number of aliphatic hydroxyl groups excluding tert-OH is 2. The number of aryl methyl sites for hydroxylation is 2. The van der Waals surface area contributed by atoms with E-state index >= 15 is 0 Å². The third-order valence-electron chi connectivity index (χ3n) is 15.0. The van der Waals surface area contributed by atoms with Gasteiger partial charge in [0.1, 0.15) is 34.6 Å². The normalized spacial score (nSPS) is 14.6. The average Bonchev–Trinajstić information content (AvgIpc) is 0.828. The summed E-state index contributed by atoms with van der Waals surface area (Å²) in [6.45, 7) is 72.4. The summed E-state index contributed by atoms with van der Waals surface area (Å²) in [7, 11) is 0. The van der Waals surface area contributed by atoms with E-state index in [0.717, 1.165) is 62.1 Å². The van der Waals surface area contributed by atoms with Gasteiger partial charge in [-0.25, -0.2) is 4.79 Å². The van der Waals surface area contributed by atoms with E-state index in [1.54, 1.807) is 69.5 Å². The van der Waals surface area contributed by atoms with Crippen molar-refractivity contribution in [1.29, 1.82) is 0 Å². The second-order valence-corrected chi connectivity index (χ2v) is 30.8. The second-order valence-electron chi connectivity index (χ2n) is 30.8. The first-order valence-corrected chi connectivity index (χ1v) is 31.3. The highest BCUT2D eigenvalue weighted by atomic mass is 16.3. The van der Waals surface area contributed by atoms with Crippen LogP contribution >= 0.6 is 0 Å². The quantitative estimate of drug-likeness (QED) is 0.0864. The zero-order chi connectivity index (χ0) is 74.2. The molecule has 7 N–H and O–H groups in total. The van der Waals surface area contributed by atoms with Crippen molar-refractivity contribution < 1.29 is 30.3 Å². The number of carbonyl (C=O) groups excluding carboxylic acids is 1. The smallest absolute Gasteiger partial charge is 0.329 e. The van der Waals surface area contributed by atoms with Crippen LogP contribution in [-0.2, 0) is 27.0 Å². The van der Waals surface area contributed by atoms with Gasteiger partial charge in [0.2, 0.25) is 0 Å². The van der Waals surface area contributed by atoms with Crippen molar-refractivity contribution >= 4 is 5.91 Å². The Morgan fingerprint density at radius 1 is 0.457 bits per heavy atom. The number of H-pyrrole nitrogens is 1. The number of allylic oxidation sites excluding steroid dienone is 6. The fraction of sp³-hybridized carbons (Fsp3) is 0.514. The van der Waals surface area contributed by atoms with E-state index in [0.29, 0.717) is 17.1 Å². The first kappa shape index (κ1) is 83.3. The first-order chi connectivity index (χ1) is 42.0. The van der Waals surface area contributed by atoms with Crippen molar-refractivity contribution in [3.8, 4) is 17.2 Å². The molecule has 20 heteroatoms. The molecule has 1 amide bonds. The predicted octanol–water partition coefficient (Wildman–Crippen LogP) is 14.0. The molecule has 522 valence electrons. The maximum absolute atomic E-state index is 11.7. The van der Waals surface area contributed by atoms with Crippen molar-refractivity contribution in [2.45, 2.75) is 253 Å². The topological polar surface area (TPSA) is 261 Å². The zero-order valence-electron chi connectivity index (χ0n) is 62.6. The van der Waals surface area contributed by atoms with Crippen LogP contribution in [-0.4, -0.2) is 86.0 Å². The lowest BCUT2D eigenvalue weighted by atomic mass is 10.0. The number of rotatable bonds is 0. The summed E-state index contributed by atoms with van der Waals surface area (Å²) in [5.41, 5.74) is 7.50. The van der Waals surface area contributed by atoms with Gasteiger partial charge in [0, 0.05) is 149 Å². The minimum atomic E-state index is -0.342. The molecule has 7 heterocycles. The van der Waals surface area contributed by atoms with Crippen LogP contribution in [0.15, 0.2) is 150 Å². The number of aromatic hydroxyl groups is 3. The van der Waals surface area contributed by atoms with E-state index in [9.17, 15) is 54.3 Å². The highest BCUT2D eigenvalue weighted by Gasteiger charge is 2.32. The van der Waals surface area contributed by atoms with E-state index in [1.165, 1.54) is 18.2 Å². The van der Waals surface area contributed by atoms with Crippen LogP contribution in [0.25, 0.3) is 0 Å². The molecular formula is C74H115N9O11.